The molecule has 0 saturated heterocycles. The smallest absolute Gasteiger partial charge is 0.383 e. The first-order valence-electron chi connectivity index (χ1n) is 4.49. The van der Waals surface area contributed by atoms with Crippen LogP contribution in [0, 0.1) is 6.92 Å². The highest BCUT2D eigenvalue weighted by Gasteiger charge is 2.26. The molecule has 0 bridgehead atoms. The average Bonchev–Trinajstić information content (AvgIpc) is 2.15. The largest absolute Gasteiger partial charge is 0.410 e. The summed E-state index contributed by atoms with van der Waals surface area (Å²) in [6.07, 6.45) is -6.08. The molecule has 0 aliphatic carbocycles. The summed E-state index contributed by atoms with van der Waals surface area (Å²) in [7, 11) is 0. The zero-order valence-electron chi connectivity index (χ0n) is 8.42. The fourth-order valence-corrected chi connectivity index (χ4v) is 1.39. The number of aliphatic hydroxyl groups excluding tert-OH is 1. The van der Waals surface area contributed by atoms with Gasteiger partial charge in [0.2, 0.25) is 0 Å². The van der Waals surface area contributed by atoms with E-state index < -0.39 is 17.3 Å². The molecule has 0 radical (unpaired) electrons. The van der Waals surface area contributed by atoms with Crippen LogP contribution in [0.4, 0.5) is 13.2 Å². The van der Waals surface area contributed by atoms with Gasteiger partial charge in [0.25, 0.3) is 0 Å². The molecule has 0 fully saturated rings. The molecule has 1 rings (SSSR count). The van der Waals surface area contributed by atoms with Crippen molar-refractivity contribution in [3.8, 4) is 0 Å². The second-order valence-corrected chi connectivity index (χ2v) is 3.82. The molecule has 0 spiro atoms. The molecule has 1 aromatic rings. The number of aryl methyl sites for hydroxylation is 1. The molecule has 1 nitrogen and oxygen atoms in total. The van der Waals surface area contributed by atoms with Gasteiger partial charge in [-0.1, -0.05) is 41.4 Å². The quantitative estimate of drug-likeness (QED) is 0.848. The normalized spacial score (nSPS) is 15.0. The summed E-state index contributed by atoms with van der Waals surface area (Å²) in [5.74, 6) is 0. The maximum Gasteiger partial charge on any atom is 0.410 e. The molecule has 5 heteroatoms. The van der Waals surface area contributed by atoms with Crippen molar-refractivity contribution >= 4 is 11.6 Å². The Bertz CT molecular complexity index is 381. The van der Waals surface area contributed by atoms with Gasteiger partial charge in [0, 0.05) is 6.08 Å². The fourth-order valence-electron chi connectivity index (χ4n) is 1.14. The highest BCUT2D eigenvalue weighted by atomic mass is 35.5. The van der Waals surface area contributed by atoms with Crippen LogP contribution in [-0.4, -0.2) is 11.3 Å². The topological polar surface area (TPSA) is 20.2 Å². The minimum atomic E-state index is -4.53. The minimum absolute atomic E-state index is 0.112. The van der Waals surface area contributed by atoms with Crippen LogP contribution in [0.1, 0.15) is 17.2 Å². The molecule has 88 valence electrons. The number of halogens is 4. The summed E-state index contributed by atoms with van der Waals surface area (Å²) in [4.78, 5) is 0. The molecule has 16 heavy (non-hydrogen) atoms. The Morgan fingerprint density at radius 3 is 2.25 bits per heavy atom. The van der Waals surface area contributed by atoms with Crippen molar-refractivity contribution in [2.24, 2.45) is 0 Å². The lowest BCUT2D eigenvalue weighted by Crippen LogP contribution is -2.06. The summed E-state index contributed by atoms with van der Waals surface area (Å²) in [6.45, 7) is 1.84. The van der Waals surface area contributed by atoms with E-state index in [4.69, 9.17) is 11.6 Å². The number of alkyl halides is 3. The van der Waals surface area contributed by atoms with E-state index in [1.165, 1.54) is 12.1 Å². The monoisotopic (exact) mass is 250 g/mol. The number of aliphatic hydroxyl groups is 1. The molecular weight excluding hydrogens is 241 g/mol. The van der Waals surface area contributed by atoms with E-state index in [1.807, 2.05) is 6.92 Å². The lowest BCUT2D eigenvalue weighted by molar-refractivity contribution is -0.0808. The molecule has 0 amide bonds. The first kappa shape index (κ1) is 13.1. The third kappa shape index (κ3) is 3.87. The summed E-state index contributed by atoms with van der Waals surface area (Å²) in [6, 6.07) is 6.45. The van der Waals surface area contributed by atoms with Gasteiger partial charge in [0.1, 0.15) is 6.10 Å². The van der Waals surface area contributed by atoms with E-state index in [0.717, 1.165) is 5.56 Å². The average molecular weight is 251 g/mol. The molecule has 0 aliphatic rings. The maximum atomic E-state index is 12.0. The molecule has 0 heterocycles. The maximum absolute atomic E-state index is 12.0. The Morgan fingerprint density at radius 1 is 1.31 bits per heavy atom. The summed E-state index contributed by atoms with van der Waals surface area (Å²) in [5, 5.41) is 8.90. The molecule has 1 N–H and O–H groups in total. The fraction of sp³-hybridized carbons (Fsp3) is 0.273. The number of hydrogen-bond acceptors (Lipinski definition) is 1. The molecular formula is C11H10ClF3O. The molecule has 0 saturated carbocycles. The lowest BCUT2D eigenvalue weighted by Gasteiger charge is -2.11. The van der Waals surface area contributed by atoms with E-state index in [0.29, 0.717) is 5.56 Å². The predicted octanol–water partition coefficient (Wildman–Crippen LogP) is 3.71. The third-order valence-electron chi connectivity index (χ3n) is 1.96. The lowest BCUT2D eigenvalue weighted by atomic mass is 10.1. The highest BCUT2D eigenvalue weighted by molar-refractivity contribution is 6.30. The van der Waals surface area contributed by atoms with Crippen molar-refractivity contribution < 1.29 is 18.3 Å². The van der Waals surface area contributed by atoms with Crippen molar-refractivity contribution in [1.29, 1.82) is 0 Å². The molecule has 0 aliphatic heterocycles. The van der Waals surface area contributed by atoms with Gasteiger partial charge in [-0.25, -0.2) is 0 Å². The highest BCUT2D eigenvalue weighted by Crippen LogP contribution is 2.29. The van der Waals surface area contributed by atoms with Gasteiger partial charge in [-0.2, -0.15) is 13.2 Å². The van der Waals surface area contributed by atoms with Gasteiger partial charge in [0.05, 0.1) is 5.03 Å². The Labute approximate surface area is 96.2 Å². The van der Waals surface area contributed by atoms with Crippen molar-refractivity contribution in [3.05, 3.63) is 46.5 Å². The summed E-state index contributed by atoms with van der Waals surface area (Å²) in [5.41, 5.74) is 1.28. The van der Waals surface area contributed by atoms with Crippen molar-refractivity contribution in [2.75, 3.05) is 0 Å². The number of allylic oxidation sites excluding steroid dienone is 1. The van der Waals surface area contributed by atoms with Gasteiger partial charge in [-0.3, -0.25) is 0 Å². The Balaban J connectivity index is 2.90. The van der Waals surface area contributed by atoms with E-state index in [2.05, 4.69) is 0 Å². The molecule has 0 aromatic heterocycles. The summed E-state index contributed by atoms with van der Waals surface area (Å²) >= 11 is 5.38. The van der Waals surface area contributed by atoms with Crippen LogP contribution in [-0.2, 0) is 0 Å². The number of rotatable bonds is 2. The van der Waals surface area contributed by atoms with E-state index >= 15 is 0 Å². The summed E-state index contributed by atoms with van der Waals surface area (Å²) < 4.78 is 35.9. The van der Waals surface area contributed by atoms with Crippen molar-refractivity contribution in [2.45, 2.75) is 19.2 Å². The Hall–Kier alpha value is -1.00. The molecule has 1 unspecified atom stereocenters. The number of hydrogen-bond donors (Lipinski definition) is 1. The van der Waals surface area contributed by atoms with Gasteiger partial charge >= 0.3 is 6.18 Å². The SMILES string of the molecule is Cc1ccc(C(O)/C(Cl)=C\C(F)(F)F)cc1. The first-order chi connectivity index (χ1) is 7.29. The van der Waals surface area contributed by atoms with Crippen molar-refractivity contribution in [3.63, 3.8) is 0 Å². The van der Waals surface area contributed by atoms with Gasteiger partial charge < -0.3 is 5.11 Å². The van der Waals surface area contributed by atoms with E-state index in [1.54, 1.807) is 12.1 Å². The van der Waals surface area contributed by atoms with Gasteiger partial charge in [-0.15, -0.1) is 0 Å². The second-order valence-electron chi connectivity index (χ2n) is 3.38. The van der Waals surface area contributed by atoms with E-state index in [-0.39, 0.29) is 6.08 Å². The Kier molecular flexibility index (Phi) is 3.99. The van der Waals surface area contributed by atoms with Crippen LogP contribution >= 0.6 is 11.6 Å². The standard InChI is InChI=1S/C11H10ClF3O/c1-7-2-4-8(5-3-7)10(16)9(12)6-11(13,14)15/h2-6,10,16H,1H3/b9-6+. The molecule has 1 aromatic carbocycles. The Morgan fingerprint density at radius 2 is 1.81 bits per heavy atom. The van der Waals surface area contributed by atoms with Crippen LogP contribution in [0.3, 0.4) is 0 Å². The second kappa shape index (κ2) is 4.89. The van der Waals surface area contributed by atoms with Crippen LogP contribution in [0.25, 0.3) is 0 Å². The third-order valence-corrected chi connectivity index (χ3v) is 2.27. The van der Waals surface area contributed by atoms with Crippen molar-refractivity contribution in [1.82, 2.24) is 0 Å². The number of benzene rings is 1. The first-order valence-corrected chi connectivity index (χ1v) is 4.87. The minimum Gasteiger partial charge on any atom is -0.383 e. The van der Waals surface area contributed by atoms with Gasteiger partial charge in [0.15, 0.2) is 0 Å². The van der Waals surface area contributed by atoms with Crippen LogP contribution in [0.2, 0.25) is 0 Å². The predicted molar refractivity (Wildman–Crippen MR) is 56.1 cm³/mol. The van der Waals surface area contributed by atoms with E-state index in [9.17, 15) is 18.3 Å². The van der Waals surface area contributed by atoms with Crippen LogP contribution in [0.5, 0.6) is 0 Å². The van der Waals surface area contributed by atoms with Crippen LogP contribution < -0.4 is 0 Å². The van der Waals surface area contributed by atoms with Crippen LogP contribution in [0.15, 0.2) is 35.4 Å². The zero-order valence-corrected chi connectivity index (χ0v) is 9.18. The molecule has 1 atom stereocenters. The van der Waals surface area contributed by atoms with Gasteiger partial charge in [-0.05, 0) is 12.5 Å². The zero-order chi connectivity index (χ0) is 12.3.